The molecule has 0 aliphatic rings. The van der Waals surface area contributed by atoms with Crippen LogP contribution in [0, 0.1) is 0 Å². The summed E-state index contributed by atoms with van der Waals surface area (Å²) in [5.74, 6) is 0. The first-order chi connectivity index (χ1) is 29.2. The van der Waals surface area contributed by atoms with Gasteiger partial charge in [0.25, 0.3) is 0 Å². The average molecular weight is 712 g/mol. The Kier molecular flexibility index (Phi) is 6.60. The fraction of sp³-hybridized carbons (Fsp3) is 0. The highest BCUT2D eigenvalue weighted by molar-refractivity contribution is 7.27. The van der Waals surface area contributed by atoms with Crippen LogP contribution < -0.4 is 4.90 Å². The van der Waals surface area contributed by atoms with Crippen LogP contribution in [0.3, 0.4) is 0 Å². The van der Waals surface area contributed by atoms with E-state index in [1.54, 1.807) is 46.6 Å². The molecule has 0 spiro atoms. The highest BCUT2D eigenvalue weighted by atomic mass is 32.1. The molecule has 0 fully saturated rings. The number of rotatable bonds is 7. The van der Waals surface area contributed by atoms with Gasteiger partial charge >= 0.3 is 0 Å². The Bertz CT molecular complexity index is 3120. The molecule has 10 rings (SSSR count). The number of anilines is 3. The summed E-state index contributed by atoms with van der Waals surface area (Å²) in [6.07, 6.45) is 0. The molecule has 0 unspecified atom stereocenters. The minimum Gasteiger partial charge on any atom is -0.310 e. The van der Waals surface area contributed by atoms with Crippen molar-refractivity contribution in [3.8, 4) is 44.5 Å². The van der Waals surface area contributed by atoms with Crippen LogP contribution in [0.4, 0.5) is 17.1 Å². The van der Waals surface area contributed by atoms with E-state index in [1.807, 2.05) is 109 Å². The molecule has 10 aromatic rings. The number of hydrogen-bond donors (Lipinski definition) is 0. The van der Waals surface area contributed by atoms with Gasteiger partial charge in [-0.1, -0.05) is 182 Å². The predicted molar refractivity (Wildman–Crippen MR) is 233 cm³/mol. The van der Waals surface area contributed by atoms with E-state index in [4.69, 9.17) is 1.37 Å². The Morgan fingerprint density at radius 2 is 0.833 bits per heavy atom. The minimum absolute atomic E-state index is 0.0700. The van der Waals surface area contributed by atoms with Gasteiger partial charge in [-0.15, -0.1) is 11.3 Å². The van der Waals surface area contributed by atoms with E-state index in [0.29, 0.717) is 22.5 Å². The lowest BCUT2D eigenvalue weighted by Gasteiger charge is -2.27. The lowest BCUT2D eigenvalue weighted by atomic mass is 9.97. The molecule has 0 aliphatic heterocycles. The van der Waals surface area contributed by atoms with Crippen LogP contribution in [0.25, 0.3) is 75.5 Å². The Hall–Kier alpha value is -6.74. The van der Waals surface area contributed by atoms with Crippen LogP contribution in [-0.2, 0) is 0 Å². The van der Waals surface area contributed by atoms with Gasteiger partial charge in [0.1, 0.15) is 0 Å². The predicted octanol–water partition coefficient (Wildman–Crippen LogP) is 15.3. The first-order valence-electron chi connectivity index (χ1n) is 20.9. The summed E-state index contributed by atoms with van der Waals surface area (Å²) in [5, 5.41) is 2.89. The fourth-order valence-electron chi connectivity index (χ4n) is 7.27. The third kappa shape index (κ3) is 5.74. The molecule has 0 amide bonds. The molecule has 1 nitrogen and oxygen atoms in total. The maximum Gasteiger partial charge on any atom is 0.0645 e. The number of fused-ring (bicyclic) bond motifs is 5. The summed E-state index contributed by atoms with van der Waals surface area (Å²) in [5.41, 5.74) is 8.38. The van der Waals surface area contributed by atoms with Crippen LogP contribution in [0.1, 0.15) is 8.22 Å². The molecule has 1 aromatic heterocycles. The van der Waals surface area contributed by atoms with Gasteiger partial charge < -0.3 is 4.90 Å². The van der Waals surface area contributed by atoms with E-state index in [0.717, 1.165) is 64.7 Å². The van der Waals surface area contributed by atoms with Crippen LogP contribution in [0.5, 0.6) is 0 Å². The van der Waals surface area contributed by atoms with Gasteiger partial charge in [0, 0.05) is 31.5 Å². The van der Waals surface area contributed by atoms with Gasteiger partial charge in [0.05, 0.1) is 13.9 Å². The van der Waals surface area contributed by atoms with Gasteiger partial charge in [-0.25, -0.2) is 0 Å². The van der Waals surface area contributed by atoms with Crippen molar-refractivity contribution >= 4 is 59.3 Å². The molecule has 0 aliphatic carbocycles. The summed E-state index contributed by atoms with van der Waals surface area (Å²) in [4.78, 5) is 1.75. The average Bonchev–Trinajstić information content (AvgIpc) is 3.65. The lowest BCUT2D eigenvalue weighted by Crippen LogP contribution is -2.10. The lowest BCUT2D eigenvalue weighted by molar-refractivity contribution is 1.30. The second kappa shape index (κ2) is 13.7. The molecule has 0 atom stereocenters. The second-order valence-corrected chi connectivity index (χ2v) is 14.2. The smallest absolute Gasteiger partial charge is 0.0645 e. The first-order valence-corrected chi connectivity index (χ1v) is 18.7. The number of thiophene rings is 1. The third-order valence-corrected chi connectivity index (χ3v) is 11.2. The van der Waals surface area contributed by atoms with Crippen LogP contribution >= 0.6 is 11.3 Å². The van der Waals surface area contributed by atoms with E-state index >= 15 is 0 Å². The fourth-order valence-corrected chi connectivity index (χ4v) is 8.63. The molecule has 9 aromatic carbocycles. The highest BCUT2D eigenvalue weighted by Crippen LogP contribution is 2.50. The molecule has 0 saturated carbocycles. The van der Waals surface area contributed by atoms with Gasteiger partial charge in [-0.3, -0.25) is 0 Å². The Morgan fingerprint density at radius 3 is 1.39 bits per heavy atom. The third-order valence-electron chi connectivity index (χ3n) is 9.97. The molecule has 54 heavy (non-hydrogen) atoms. The number of hydrogen-bond acceptors (Lipinski definition) is 2. The monoisotopic (exact) mass is 711 g/mol. The number of nitrogens with zero attached hydrogens (tertiary/aromatic N) is 1. The van der Waals surface area contributed by atoms with Crippen LogP contribution in [0.15, 0.2) is 212 Å². The molecular formula is C52H35NS. The Morgan fingerprint density at radius 1 is 0.352 bits per heavy atom. The van der Waals surface area contributed by atoms with E-state index in [-0.39, 0.29) is 41.6 Å². The number of benzene rings is 9. The molecule has 0 N–H and O–H groups in total. The highest BCUT2D eigenvalue weighted by Gasteiger charge is 2.22. The van der Waals surface area contributed by atoms with Crippen LogP contribution in [0.2, 0.25) is 0 Å². The quantitative estimate of drug-likeness (QED) is 0.159. The normalized spacial score (nSPS) is 12.9. The Balaban J connectivity index is 1.29. The van der Waals surface area contributed by atoms with Gasteiger partial charge in [0.2, 0.25) is 0 Å². The van der Waals surface area contributed by atoms with Crippen molar-refractivity contribution in [3.63, 3.8) is 0 Å². The van der Waals surface area contributed by atoms with Gasteiger partial charge in [0.15, 0.2) is 0 Å². The van der Waals surface area contributed by atoms with E-state index in [2.05, 4.69) is 36.4 Å². The maximum atomic E-state index is 9.58. The molecule has 0 saturated heterocycles. The van der Waals surface area contributed by atoms with Crippen molar-refractivity contribution < 1.29 is 8.22 Å². The molecule has 0 bridgehead atoms. The van der Waals surface area contributed by atoms with Gasteiger partial charge in [-0.2, -0.15) is 0 Å². The summed E-state index contributed by atoms with van der Waals surface area (Å²) in [7, 11) is 0. The van der Waals surface area contributed by atoms with E-state index in [9.17, 15) is 6.85 Å². The SMILES string of the molecule is [2H]c1cc(-c2ccccc2)cc([2H])c1N(c1c([2H])cc(-c2ccccc2)cc1[2H])c1ccc(-c2ccc(-c3ccccc3)cc2)c2sc3c(cc([2H])c4cccc([2H])c43)c12. The topological polar surface area (TPSA) is 3.24 Å². The van der Waals surface area contributed by atoms with E-state index in [1.165, 1.54) is 0 Å². The van der Waals surface area contributed by atoms with Crippen molar-refractivity contribution in [1.82, 2.24) is 0 Å². The largest absolute Gasteiger partial charge is 0.310 e. The summed E-state index contributed by atoms with van der Waals surface area (Å²) in [6, 6.07) is 57.2. The van der Waals surface area contributed by atoms with Crippen molar-refractivity contribution in [2.45, 2.75) is 0 Å². The zero-order valence-corrected chi connectivity index (χ0v) is 29.9. The summed E-state index contributed by atoms with van der Waals surface area (Å²) < 4.78 is 58.4. The molecule has 1 heterocycles. The van der Waals surface area contributed by atoms with Crippen molar-refractivity contribution in [2.75, 3.05) is 4.90 Å². The zero-order valence-electron chi connectivity index (χ0n) is 35.1. The van der Waals surface area contributed by atoms with E-state index < -0.39 is 0 Å². The van der Waals surface area contributed by atoms with Crippen molar-refractivity contribution in [1.29, 1.82) is 0 Å². The van der Waals surface area contributed by atoms with Crippen molar-refractivity contribution in [2.24, 2.45) is 0 Å². The minimum atomic E-state index is 0.0700. The Labute approximate surface area is 328 Å². The first kappa shape index (κ1) is 26.1. The molecule has 0 radical (unpaired) electrons. The standard InChI is InChI=1S/C52H35NS/c1-4-12-36(13-5-1)39-20-22-43(23-21-39)47-34-35-49(50-48-33-28-42-18-10-11-19-46(42)51(48)54-52(47)50)53(44-29-24-40(25-30-44)37-14-6-2-7-15-37)45-31-26-41(27-32-45)38-16-8-3-9-17-38/h1-35H/i19D,28D,29D,30D,31D,32D. The van der Waals surface area contributed by atoms with Crippen molar-refractivity contribution in [3.05, 3.63) is 212 Å². The molecule has 254 valence electrons. The van der Waals surface area contributed by atoms with Crippen LogP contribution in [-0.4, -0.2) is 0 Å². The zero-order chi connectivity index (χ0) is 41.1. The summed E-state index contributed by atoms with van der Waals surface area (Å²) >= 11 is 1.56. The summed E-state index contributed by atoms with van der Waals surface area (Å²) in [6.45, 7) is 0. The molecular weight excluding hydrogens is 671 g/mol. The molecule has 2 heteroatoms. The second-order valence-electron chi connectivity index (χ2n) is 13.2. The van der Waals surface area contributed by atoms with Gasteiger partial charge in [-0.05, 0) is 85.5 Å². The maximum absolute atomic E-state index is 9.58.